The molecule has 0 fully saturated rings. The monoisotopic (exact) mass is 353 g/mol. The molecule has 7 heteroatoms. The van der Waals surface area contributed by atoms with Crippen LogP contribution >= 0.6 is 0 Å². The van der Waals surface area contributed by atoms with Crippen LogP contribution in [0.3, 0.4) is 0 Å². The fourth-order valence-corrected chi connectivity index (χ4v) is 2.55. The molecule has 0 saturated heterocycles. The first-order valence-electron chi connectivity index (χ1n) is 7.90. The van der Waals surface area contributed by atoms with Gasteiger partial charge in [-0.2, -0.15) is 5.26 Å². The Morgan fingerprint density at radius 3 is 2.46 bits per heavy atom. The summed E-state index contributed by atoms with van der Waals surface area (Å²) in [5, 5.41) is 11.9. The Hall–Kier alpha value is -3.24. The van der Waals surface area contributed by atoms with Crippen molar-refractivity contribution in [3.8, 4) is 6.07 Å². The molecule has 1 aromatic heterocycles. The minimum atomic E-state index is -0.526. The highest BCUT2D eigenvalue weighted by atomic mass is 16.5. The number of hydrogen-bond donors (Lipinski definition) is 1. The second kappa shape index (κ2) is 8.23. The van der Waals surface area contributed by atoms with Crippen LogP contribution in [0.4, 0.5) is 5.69 Å². The van der Waals surface area contributed by atoms with Crippen molar-refractivity contribution in [1.29, 1.82) is 5.26 Å². The lowest BCUT2D eigenvalue weighted by atomic mass is 10.1. The topological polar surface area (TPSA) is 101 Å². The third kappa shape index (κ3) is 4.23. The lowest BCUT2D eigenvalue weighted by Crippen LogP contribution is -2.31. The zero-order chi connectivity index (χ0) is 19.3. The molecular formula is C19H19N3O4. The Labute approximate surface area is 150 Å². The fraction of sp³-hybridized carbons (Fsp3) is 0.263. The summed E-state index contributed by atoms with van der Waals surface area (Å²) in [7, 11) is 1.48. The molecule has 0 aliphatic rings. The largest absolute Gasteiger partial charge is 0.380 e. The standard InChI is InChI=1S/C19H19N3O4/c1-12-8-15(11-26-3)17(9-20)19(25)22(12)10-18(24)21-16-6-4-14(5-7-16)13(2)23/h4-8H,10-11H2,1-3H3,(H,21,24). The maximum Gasteiger partial charge on any atom is 0.269 e. The SMILES string of the molecule is COCc1cc(C)n(CC(=O)Nc2ccc(C(C)=O)cc2)c(=O)c1C#N. The van der Waals surface area contributed by atoms with E-state index in [1.165, 1.54) is 18.6 Å². The number of benzene rings is 1. The van der Waals surface area contributed by atoms with Gasteiger partial charge in [-0.05, 0) is 44.2 Å². The van der Waals surface area contributed by atoms with Gasteiger partial charge in [-0.3, -0.25) is 14.4 Å². The van der Waals surface area contributed by atoms with Crippen molar-refractivity contribution in [2.24, 2.45) is 0 Å². The van der Waals surface area contributed by atoms with E-state index in [4.69, 9.17) is 4.74 Å². The van der Waals surface area contributed by atoms with E-state index in [1.54, 1.807) is 37.3 Å². The highest BCUT2D eigenvalue weighted by molar-refractivity contribution is 5.95. The predicted octanol–water partition coefficient (Wildman–Crippen LogP) is 2.02. The number of pyridine rings is 1. The van der Waals surface area contributed by atoms with Gasteiger partial charge in [-0.25, -0.2) is 0 Å². The van der Waals surface area contributed by atoms with Crippen molar-refractivity contribution in [1.82, 2.24) is 4.57 Å². The van der Waals surface area contributed by atoms with Gasteiger partial charge in [0.25, 0.3) is 5.56 Å². The van der Waals surface area contributed by atoms with Crippen LogP contribution in [-0.4, -0.2) is 23.4 Å². The van der Waals surface area contributed by atoms with E-state index in [0.29, 0.717) is 22.5 Å². The molecule has 0 aliphatic carbocycles. The minimum Gasteiger partial charge on any atom is -0.380 e. The van der Waals surface area contributed by atoms with Gasteiger partial charge in [0.05, 0.1) is 6.61 Å². The number of carbonyl (C=O) groups is 2. The molecule has 2 aromatic rings. The number of anilines is 1. The molecular weight excluding hydrogens is 334 g/mol. The number of methoxy groups -OCH3 is 1. The van der Waals surface area contributed by atoms with Crippen LogP contribution in [0.25, 0.3) is 0 Å². The van der Waals surface area contributed by atoms with Gasteiger partial charge in [0.15, 0.2) is 5.78 Å². The summed E-state index contributed by atoms with van der Waals surface area (Å²) < 4.78 is 6.25. The summed E-state index contributed by atoms with van der Waals surface area (Å²) in [6.45, 7) is 3.08. The highest BCUT2D eigenvalue weighted by Gasteiger charge is 2.15. The van der Waals surface area contributed by atoms with E-state index in [2.05, 4.69) is 5.32 Å². The van der Waals surface area contributed by atoms with Gasteiger partial charge in [-0.15, -0.1) is 0 Å². The summed E-state index contributed by atoms with van der Waals surface area (Å²) in [5.41, 5.74) is 1.56. The van der Waals surface area contributed by atoms with Crippen molar-refractivity contribution in [3.05, 3.63) is 63.1 Å². The van der Waals surface area contributed by atoms with Crippen LogP contribution in [0.2, 0.25) is 0 Å². The summed E-state index contributed by atoms with van der Waals surface area (Å²) in [5.74, 6) is -0.473. The molecule has 0 radical (unpaired) electrons. The number of ether oxygens (including phenoxy) is 1. The number of ketones is 1. The second-order valence-electron chi connectivity index (χ2n) is 5.80. The number of carbonyl (C=O) groups excluding carboxylic acids is 2. The van der Waals surface area contributed by atoms with Crippen LogP contribution in [0, 0.1) is 18.3 Å². The molecule has 0 bridgehead atoms. The number of hydrogen-bond acceptors (Lipinski definition) is 5. The molecule has 0 saturated carbocycles. The van der Waals surface area contributed by atoms with Gasteiger partial charge in [-0.1, -0.05) is 0 Å². The lowest BCUT2D eigenvalue weighted by molar-refractivity contribution is -0.116. The fourth-order valence-electron chi connectivity index (χ4n) is 2.55. The Kier molecular flexibility index (Phi) is 6.04. The quantitative estimate of drug-likeness (QED) is 0.801. The van der Waals surface area contributed by atoms with Crippen LogP contribution in [0.5, 0.6) is 0 Å². The molecule has 26 heavy (non-hydrogen) atoms. The van der Waals surface area contributed by atoms with E-state index in [1.807, 2.05) is 6.07 Å². The molecule has 7 nitrogen and oxygen atoms in total. The Bertz CT molecular complexity index is 937. The molecule has 2 rings (SSSR count). The summed E-state index contributed by atoms with van der Waals surface area (Å²) in [6, 6.07) is 10.0. The molecule has 0 unspecified atom stereocenters. The molecule has 0 atom stereocenters. The van der Waals surface area contributed by atoms with Crippen molar-refractivity contribution in [2.45, 2.75) is 27.0 Å². The van der Waals surface area contributed by atoms with Crippen molar-refractivity contribution < 1.29 is 14.3 Å². The number of rotatable bonds is 6. The summed E-state index contributed by atoms with van der Waals surface area (Å²) >= 11 is 0. The summed E-state index contributed by atoms with van der Waals surface area (Å²) in [6.07, 6.45) is 0. The first-order valence-corrected chi connectivity index (χ1v) is 7.90. The zero-order valence-electron chi connectivity index (χ0n) is 14.8. The highest BCUT2D eigenvalue weighted by Crippen LogP contribution is 2.11. The maximum absolute atomic E-state index is 12.5. The number of aromatic nitrogens is 1. The normalized spacial score (nSPS) is 10.2. The van der Waals surface area contributed by atoms with Crippen LogP contribution in [0.15, 0.2) is 35.1 Å². The van der Waals surface area contributed by atoms with Crippen molar-refractivity contribution in [3.63, 3.8) is 0 Å². The molecule has 1 heterocycles. The Morgan fingerprint density at radius 2 is 1.92 bits per heavy atom. The van der Waals surface area contributed by atoms with Crippen LogP contribution in [0.1, 0.15) is 34.1 Å². The molecule has 0 spiro atoms. The van der Waals surface area contributed by atoms with Crippen LogP contribution < -0.4 is 10.9 Å². The number of Topliss-reactive ketones (excluding diaryl/α,β-unsaturated/α-hetero) is 1. The van der Waals surface area contributed by atoms with E-state index in [0.717, 1.165) is 0 Å². The van der Waals surface area contributed by atoms with E-state index >= 15 is 0 Å². The van der Waals surface area contributed by atoms with E-state index < -0.39 is 11.5 Å². The van der Waals surface area contributed by atoms with Crippen LogP contribution in [-0.2, 0) is 22.7 Å². The molecule has 134 valence electrons. The lowest BCUT2D eigenvalue weighted by Gasteiger charge is -2.13. The average molecular weight is 353 g/mol. The average Bonchev–Trinajstić information content (AvgIpc) is 2.59. The summed E-state index contributed by atoms with van der Waals surface area (Å²) in [4.78, 5) is 36.0. The van der Waals surface area contributed by atoms with E-state index in [-0.39, 0.29) is 24.5 Å². The number of amides is 1. The van der Waals surface area contributed by atoms with Gasteiger partial charge in [0.1, 0.15) is 18.2 Å². The van der Waals surface area contributed by atoms with Gasteiger partial charge in [0.2, 0.25) is 5.91 Å². The van der Waals surface area contributed by atoms with Crippen molar-refractivity contribution >= 4 is 17.4 Å². The molecule has 1 amide bonds. The van der Waals surface area contributed by atoms with Crippen molar-refractivity contribution in [2.75, 3.05) is 12.4 Å². The number of aryl methyl sites for hydroxylation is 1. The zero-order valence-corrected chi connectivity index (χ0v) is 14.8. The maximum atomic E-state index is 12.5. The third-order valence-corrected chi connectivity index (χ3v) is 3.88. The Balaban J connectivity index is 2.22. The van der Waals surface area contributed by atoms with E-state index in [9.17, 15) is 19.6 Å². The Morgan fingerprint density at radius 1 is 1.27 bits per heavy atom. The second-order valence-corrected chi connectivity index (χ2v) is 5.80. The number of nitriles is 1. The predicted molar refractivity (Wildman–Crippen MR) is 95.9 cm³/mol. The van der Waals surface area contributed by atoms with Gasteiger partial charge >= 0.3 is 0 Å². The molecule has 1 N–H and O–H groups in total. The number of nitrogens with zero attached hydrogens (tertiary/aromatic N) is 2. The first-order chi connectivity index (χ1) is 12.4. The number of nitrogens with one attached hydrogen (secondary N) is 1. The van der Waals surface area contributed by atoms with Gasteiger partial charge in [0, 0.05) is 29.6 Å². The smallest absolute Gasteiger partial charge is 0.269 e. The third-order valence-electron chi connectivity index (χ3n) is 3.88. The minimum absolute atomic E-state index is 0.0314. The molecule has 0 aliphatic heterocycles. The molecule has 1 aromatic carbocycles. The first kappa shape index (κ1) is 19.1. The van der Waals surface area contributed by atoms with Gasteiger partial charge < -0.3 is 14.6 Å².